The molecule has 0 saturated heterocycles. The fourth-order valence-corrected chi connectivity index (χ4v) is 2.99. The Balaban J connectivity index is 1.82. The van der Waals surface area contributed by atoms with Crippen molar-refractivity contribution < 1.29 is 4.74 Å². The van der Waals surface area contributed by atoms with E-state index in [1.54, 1.807) is 7.11 Å². The first kappa shape index (κ1) is 12.7. The molecule has 1 aliphatic carbocycles. The zero-order valence-corrected chi connectivity index (χ0v) is 11.7. The van der Waals surface area contributed by atoms with Crippen molar-refractivity contribution >= 4 is 28.2 Å². The molecule has 19 heavy (non-hydrogen) atoms. The summed E-state index contributed by atoms with van der Waals surface area (Å²) in [5.74, 6) is 0.852. The van der Waals surface area contributed by atoms with Crippen LogP contribution in [-0.4, -0.2) is 24.2 Å². The van der Waals surface area contributed by atoms with E-state index >= 15 is 0 Å². The van der Waals surface area contributed by atoms with Gasteiger partial charge in [-0.05, 0) is 30.7 Å². The normalized spacial score (nSPS) is 22.8. The van der Waals surface area contributed by atoms with E-state index in [1.807, 2.05) is 18.2 Å². The average molecular weight is 277 g/mol. The lowest BCUT2D eigenvalue weighted by Gasteiger charge is -2.14. The maximum atomic E-state index is 6.23. The average Bonchev–Trinajstić information content (AvgIpc) is 2.86. The maximum Gasteiger partial charge on any atom is 0.139 e. The van der Waals surface area contributed by atoms with Crippen LogP contribution in [0.5, 0.6) is 0 Å². The molecule has 3 rings (SSSR count). The number of hydrogen-bond acceptors (Lipinski definition) is 3. The van der Waals surface area contributed by atoms with Crippen LogP contribution in [0.4, 0.5) is 5.82 Å². The van der Waals surface area contributed by atoms with Gasteiger partial charge >= 0.3 is 0 Å². The van der Waals surface area contributed by atoms with Crippen molar-refractivity contribution in [2.24, 2.45) is 0 Å². The van der Waals surface area contributed by atoms with Crippen LogP contribution in [0.3, 0.4) is 0 Å². The molecule has 1 fully saturated rings. The predicted molar refractivity (Wildman–Crippen MR) is 78.8 cm³/mol. The topological polar surface area (TPSA) is 34.1 Å². The van der Waals surface area contributed by atoms with Crippen molar-refractivity contribution in [3.8, 4) is 0 Å². The highest BCUT2D eigenvalue weighted by atomic mass is 35.5. The molecule has 1 aliphatic rings. The summed E-state index contributed by atoms with van der Waals surface area (Å²) in [4.78, 5) is 4.43. The van der Waals surface area contributed by atoms with Gasteiger partial charge in [-0.1, -0.05) is 35.9 Å². The van der Waals surface area contributed by atoms with E-state index in [9.17, 15) is 0 Å². The second-order valence-corrected chi connectivity index (χ2v) is 5.39. The first-order valence-corrected chi connectivity index (χ1v) is 6.98. The number of ether oxygens (including phenoxy) is 1. The molecule has 4 heteroatoms. The van der Waals surface area contributed by atoms with E-state index < -0.39 is 0 Å². The quantitative estimate of drug-likeness (QED) is 0.864. The van der Waals surface area contributed by atoms with Crippen molar-refractivity contribution in [1.82, 2.24) is 4.98 Å². The molecule has 2 aromatic rings. The Hall–Kier alpha value is -1.32. The number of rotatable bonds is 3. The molecule has 1 heterocycles. The standard InChI is InChI=1S/C15H17ClN2O/c1-19-12-7-6-11(9-12)17-14-8-10-4-2-3-5-13(10)15(16)18-14/h2-5,8,11-12H,6-7,9H2,1H3,(H,17,18). The third kappa shape index (κ3) is 2.67. The molecule has 100 valence electrons. The Morgan fingerprint density at radius 2 is 2.16 bits per heavy atom. The predicted octanol–water partition coefficient (Wildman–Crippen LogP) is 3.87. The van der Waals surface area contributed by atoms with Gasteiger partial charge in [0.15, 0.2) is 0 Å². The van der Waals surface area contributed by atoms with Crippen LogP contribution in [0, 0.1) is 0 Å². The van der Waals surface area contributed by atoms with Crippen molar-refractivity contribution in [2.45, 2.75) is 31.4 Å². The van der Waals surface area contributed by atoms with Gasteiger partial charge in [-0.25, -0.2) is 4.98 Å². The minimum Gasteiger partial charge on any atom is -0.381 e. The number of methoxy groups -OCH3 is 1. The number of hydrogen-bond donors (Lipinski definition) is 1. The fourth-order valence-electron chi connectivity index (χ4n) is 2.72. The Morgan fingerprint density at radius 3 is 2.95 bits per heavy atom. The second kappa shape index (κ2) is 5.35. The van der Waals surface area contributed by atoms with Gasteiger partial charge in [0.2, 0.25) is 0 Å². The Labute approximate surface area is 117 Å². The largest absolute Gasteiger partial charge is 0.381 e. The molecule has 1 saturated carbocycles. The van der Waals surface area contributed by atoms with Gasteiger partial charge in [0.25, 0.3) is 0 Å². The summed E-state index contributed by atoms with van der Waals surface area (Å²) in [6.45, 7) is 0. The Kier molecular flexibility index (Phi) is 3.58. The highest BCUT2D eigenvalue weighted by molar-refractivity contribution is 6.34. The van der Waals surface area contributed by atoms with Crippen molar-refractivity contribution in [2.75, 3.05) is 12.4 Å². The third-order valence-electron chi connectivity index (χ3n) is 3.76. The zero-order chi connectivity index (χ0) is 13.2. The van der Waals surface area contributed by atoms with Crippen LogP contribution < -0.4 is 5.32 Å². The summed E-state index contributed by atoms with van der Waals surface area (Å²) < 4.78 is 5.39. The molecule has 2 unspecified atom stereocenters. The van der Waals surface area contributed by atoms with Crippen LogP contribution in [0.15, 0.2) is 30.3 Å². The number of anilines is 1. The number of nitrogens with one attached hydrogen (secondary N) is 1. The van der Waals surface area contributed by atoms with E-state index in [0.717, 1.165) is 35.9 Å². The molecule has 0 bridgehead atoms. The molecule has 0 amide bonds. The smallest absolute Gasteiger partial charge is 0.139 e. The molecule has 0 radical (unpaired) electrons. The van der Waals surface area contributed by atoms with Gasteiger partial charge in [-0.15, -0.1) is 0 Å². The molecule has 3 nitrogen and oxygen atoms in total. The van der Waals surface area contributed by atoms with Gasteiger partial charge in [0.1, 0.15) is 11.0 Å². The minimum absolute atomic E-state index is 0.369. The van der Waals surface area contributed by atoms with Crippen molar-refractivity contribution in [1.29, 1.82) is 0 Å². The molecule has 2 atom stereocenters. The molecule has 1 aromatic heterocycles. The summed E-state index contributed by atoms with van der Waals surface area (Å²) in [5, 5.41) is 6.13. The highest BCUT2D eigenvalue weighted by Gasteiger charge is 2.24. The summed E-state index contributed by atoms with van der Waals surface area (Å²) in [6, 6.07) is 10.5. The molecular weight excluding hydrogens is 260 g/mol. The summed E-state index contributed by atoms with van der Waals surface area (Å²) in [5.41, 5.74) is 0. The molecule has 1 aromatic carbocycles. The zero-order valence-electron chi connectivity index (χ0n) is 10.9. The lowest BCUT2D eigenvalue weighted by atomic mass is 10.1. The van der Waals surface area contributed by atoms with Gasteiger partial charge in [0.05, 0.1) is 6.10 Å². The van der Waals surface area contributed by atoms with Crippen molar-refractivity contribution in [3.63, 3.8) is 0 Å². The number of aromatic nitrogens is 1. The Bertz CT molecular complexity index is 587. The van der Waals surface area contributed by atoms with E-state index in [0.29, 0.717) is 17.3 Å². The number of nitrogens with zero attached hydrogens (tertiary/aromatic N) is 1. The van der Waals surface area contributed by atoms with E-state index in [-0.39, 0.29) is 0 Å². The summed E-state index contributed by atoms with van der Waals surface area (Å²) >= 11 is 6.23. The van der Waals surface area contributed by atoms with Crippen LogP contribution in [0.25, 0.3) is 10.8 Å². The van der Waals surface area contributed by atoms with Gasteiger partial charge in [-0.2, -0.15) is 0 Å². The first-order valence-electron chi connectivity index (χ1n) is 6.61. The Morgan fingerprint density at radius 1 is 1.32 bits per heavy atom. The van der Waals surface area contributed by atoms with Gasteiger partial charge in [-0.3, -0.25) is 0 Å². The summed E-state index contributed by atoms with van der Waals surface area (Å²) in [6.07, 6.45) is 3.62. The fraction of sp³-hybridized carbons (Fsp3) is 0.400. The maximum absolute atomic E-state index is 6.23. The summed E-state index contributed by atoms with van der Waals surface area (Å²) in [7, 11) is 1.78. The minimum atomic E-state index is 0.369. The monoisotopic (exact) mass is 276 g/mol. The van der Waals surface area contributed by atoms with Gasteiger partial charge in [0, 0.05) is 18.5 Å². The van der Waals surface area contributed by atoms with Crippen molar-refractivity contribution in [3.05, 3.63) is 35.5 Å². The lowest BCUT2D eigenvalue weighted by Crippen LogP contribution is -2.18. The SMILES string of the molecule is COC1CCC(Nc2cc3ccccc3c(Cl)n2)C1. The lowest BCUT2D eigenvalue weighted by molar-refractivity contribution is 0.108. The van der Waals surface area contributed by atoms with E-state index in [4.69, 9.17) is 16.3 Å². The van der Waals surface area contributed by atoms with Crippen LogP contribution in [0.2, 0.25) is 5.15 Å². The number of fused-ring (bicyclic) bond motifs is 1. The van der Waals surface area contributed by atoms with Crippen LogP contribution in [0.1, 0.15) is 19.3 Å². The highest BCUT2D eigenvalue weighted by Crippen LogP contribution is 2.28. The van der Waals surface area contributed by atoms with Gasteiger partial charge < -0.3 is 10.1 Å². The number of pyridine rings is 1. The second-order valence-electron chi connectivity index (χ2n) is 5.03. The molecule has 0 spiro atoms. The molecule has 1 N–H and O–H groups in total. The van der Waals surface area contributed by atoms with Crippen LogP contribution >= 0.6 is 11.6 Å². The first-order chi connectivity index (χ1) is 9.26. The van der Waals surface area contributed by atoms with E-state index in [1.165, 1.54) is 0 Å². The number of halogens is 1. The third-order valence-corrected chi connectivity index (χ3v) is 4.05. The molecular formula is C15H17ClN2O. The van der Waals surface area contributed by atoms with E-state index in [2.05, 4.69) is 22.4 Å². The molecule has 0 aliphatic heterocycles. The number of benzene rings is 1. The van der Waals surface area contributed by atoms with Crippen LogP contribution in [-0.2, 0) is 4.74 Å².